The van der Waals surface area contributed by atoms with Crippen LogP contribution in [0.15, 0.2) is 76.7 Å². The van der Waals surface area contributed by atoms with Crippen LogP contribution in [0.4, 0.5) is 10.1 Å². The molecule has 0 saturated carbocycles. The number of carbonyl (C=O) groups is 1. The number of aryl methyl sites for hydroxylation is 3. The predicted octanol–water partition coefficient (Wildman–Crippen LogP) is 4.10. The topological polar surface area (TPSA) is 78.8 Å². The van der Waals surface area contributed by atoms with Gasteiger partial charge in [0.2, 0.25) is 0 Å². The van der Waals surface area contributed by atoms with E-state index in [-0.39, 0.29) is 10.7 Å². The summed E-state index contributed by atoms with van der Waals surface area (Å²) in [6, 6.07) is 17.5. The van der Waals surface area contributed by atoms with Crippen LogP contribution in [0.2, 0.25) is 0 Å². The summed E-state index contributed by atoms with van der Waals surface area (Å²) in [7, 11) is -4.01. The molecule has 8 heteroatoms. The van der Waals surface area contributed by atoms with Gasteiger partial charge in [0, 0.05) is 0 Å². The van der Waals surface area contributed by atoms with Crippen molar-refractivity contribution in [2.45, 2.75) is 25.7 Å². The Hall–Kier alpha value is -3.52. The lowest BCUT2D eigenvalue weighted by atomic mass is 10.1. The summed E-state index contributed by atoms with van der Waals surface area (Å²) >= 11 is 0. The predicted molar refractivity (Wildman–Crippen MR) is 124 cm³/mol. The Morgan fingerprint density at radius 1 is 0.969 bits per heavy atom. The number of anilines is 1. The van der Waals surface area contributed by atoms with Gasteiger partial charge in [-0.05, 0) is 67.8 Å². The maximum Gasteiger partial charge on any atom is 0.264 e. The molecule has 0 unspecified atom stereocenters. The minimum Gasteiger partial charge on any atom is -0.271 e. The first-order valence-corrected chi connectivity index (χ1v) is 11.3. The summed E-state index contributed by atoms with van der Waals surface area (Å²) in [5, 5.41) is 3.86. The number of nitrogens with zero attached hydrogens (tertiary/aromatic N) is 2. The molecule has 0 radical (unpaired) electrons. The molecule has 32 heavy (non-hydrogen) atoms. The number of hydrogen-bond acceptors (Lipinski definition) is 4. The zero-order chi connectivity index (χ0) is 23.3. The van der Waals surface area contributed by atoms with Crippen molar-refractivity contribution in [1.82, 2.24) is 5.43 Å². The number of hydrogen-bond donors (Lipinski definition) is 1. The first-order valence-electron chi connectivity index (χ1n) is 9.91. The largest absolute Gasteiger partial charge is 0.271 e. The molecule has 1 amide bonds. The first kappa shape index (κ1) is 23.1. The van der Waals surface area contributed by atoms with E-state index >= 15 is 0 Å². The fraction of sp³-hybridized carbons (Fsp3) is 0.167. The van der Waals surface area contributed by atoms with Crippen molar-refractivity contribution in [3.8, 4) is 0 Å². The normalized spacial score (nSPS) is 11.5. The molecule has 0 heterocycles. The Morgan fingerprint density at radius 3 is 2.25 bits per heavy atom. The molecule has 166 valence electrons. The molecule has 6 nitrogen and oxygen atoms in total. The number of hydrazone groups is 1. The van der Waals surface area contributed by atoms with E-state index in [1.54, 1.807) is 25.1 Å². The van der Waals surface area contributed by atoms with Crippen molar-refractivity contribution in [2.75, 3.05) is 10.8 Å². The van der Waals surface area contributed by atoms with Gasteiger partial charge in [-0.1, -0.05) is 42.0 Å². The van der Waals surface area contributed by atoms with Gasteiger partial charge in [-0.25, -0.2) is 18.2 Å². The van der Waals surface area contributed by atoms with Gasteiger partial charge in [-0.2, -0.15) is 5.10 Å². The molecule has 0 bridgehead atoms. The third-order valence-corrected chi connectivity index (χ3v) is 6.58. The van der Waals surface area contributed by atoms with Crippen LogP contribution in [0.25, 0.3) is 0 Å². The lowest BCUT2D eigenvalue weighted by Crippen LogP contribution is -2.40. The van der Waals surface area contributed by atoms with Crippen molar-refractivity contribution in [3.63, 3.8) is 0 Å². The second-order valence-corrected chi connectivity index (χ2v) is 9.32. The van der Waals surface area contributed by atoms with Crippen LogP contribution in [0.3, 0.4) is 0 Å². The number of amides is 1. The Balaban J connectivity index is 1.88. The summed E-state index contributed by atoms with van der Waals surface area (Å²) in [5.74, 6) is -0.989. The van der Waals surface area contributed by atoms with Crippen molar-refractivity contribution >= 4 is 27.8 Å². The SMILES string of the molecule is Cc1ccc(S(=O)(=O)N(CC(=O)N/N=C\c2ccc(F)cc2)c2cc(C)ccc2C)cc1. The third kappa shape index (κ3) is 5.59. The molecule has 0 aliphatic heterocycles. The van der Waals surface area contributed by atoms with E-state index in [4.69, 9.17) is 0 Å². The summed E-state index contributed by atoms with van der Waals surface area (Å²) in [6.07, 6.45) is 1.36. The van der Waals surface area contributed by atoms with Gasteiger partial charge in [0.05, 0.1) is 16.8 Å². The van der Waals surface area contributed by atoms with Crippen molar-refractivity contribution in [3.05, 3.63) is 94.8 Å². The zero-order valence-corrected chi connectivity index (χ0v) is 18.9. The molecule has 1 N–H and O–H groups in total. The summed E-state index contributed by atoms with van der Waals surface area (Å²) in [5.41, 5.74) is 5.86. The second-order valence-electron chi connectivity index (χ2n) is 7.46. The highest BCUT2D eigenvalue weighted by atomic mass is 32.2. The van der Waals surface area contributed by atoms with Gasteiger partial charge in [0.25, 0.3) is 15.9 Å². The fourth-order valence-electron chi connectivity index (χ4n) is 3.02. The van der Waals surface area contributed by atoms with Crippen molar-refractivity contribution in [2.24, 2.45) is 5.10 Å². The molecule has 0 aliphatic carbocycles. The molecule has 0 aromatic heterocycles. The number of carbonyl (C=O) groups excluding carboxylic acids is 1. The first-order chi connectivity index (χ1) is 15.2. The maximum absolute atomic E-state index is 13.4. The molecule has 0 aliphatic rings. The van der Waals surface area contributed by atoms with E-state index in [9.17, 15) is 17.6 Å². The maximum atomic E-state index is 13.4. The standard InChI is InChI=1S/C24H24FN3O3S/c1-17-5-12-22(13-6-17)32(30,31)28(23-14-18(2)4-7-19(23)3)16-24(29)27-26-15-20-8-10-21(25)11-9-20/h4-15H,16H2,1-3H3,(H,27,29)/b26-15-. The summed E-state index contributed by atoms with van der Waals surface area (Å²) < 4.78 is 41.0. The minimum absolute atomic E-state index is 0.0895. The fourth-order valence-corrected chi connectivity index (χ4v) is 4.50. The van der Waals surface area contributed by atoms with Crippen LogP contribution >= 0.6 is 0 Å². The van der Waals surface area contributed by atoms with E-state index in [0.29, 0.717) is 16.8 Å². The Bertz CT molecular complexity index is 1240. The van der Waals surface area contributed by atoms with Gasteiger partial charge in [-0.3, -0.25) is 9.10 Å². The quantitative estimate of drug-likeness (QED) is 0.432. The Morgan fingerprint density at radius 2 is 1.59 bits per heavy atom. The number of sulfonamides is 1. The third-order valence-electron chi connectivity index (χ3n) is 4.80. The van der Waals surface area contributed by atoms with Gasteiger partial charge < -0.3 is 0 Å². The van der Waals surface area contributed by atoms with Crippen LogP contribution in [-0.4, -0.2) is 27.1 Å². The monoisotopic (exact) mass is 453 g/mol. The molecular formula is C24H24FN3O3S. The van der Waals surface area contributed by atoms with Gasteiger partial charge in [-0.15, -0.1) is 0 Å². The number of nitrogens with one attached hydrogen (secondary N) is 1. The molecule has 3 aromatic carbocycles. The van der Waals surface area contributed by atoms with Crippen LogP contribution in [0, 0.1) is 26.6 Å². The van der Waals surface area contributed by atoms with Crippen molar-refractivity contribution < 1.29 is 17.6 Å². The highest BCUT2D eigenvalue weighted by Gasteiger charge is 2.28. The number of rotatable bonds is 7. The van der Waals surface area contributed by atoms with E-state index < -0.39 is 22.5 Å². The second kappa shape index (κ2) is 9.74. The minimum atomic E-state index is -4.01. The van der Waals surface area contributed by atoms with Crippen LogP contribution in [-0.2, 0) is 14.8 Å². The van der Waals surface area contributed by atoms with Crippen molar-refractivity contribution in [1.29, 1.82) is 0 Å². The van der Waals surface area contributed by atoms with Crippen LogP contribution < -0.4 is 9.73 Å². The lowest BCUT2D eigenvalue weighted by molar-refractivity contribution is -0.119. The average Bonchev–Trinajstić information content (AvgIpc) is 2.75. The van der Waals surface area contributed by atoms with E-state index in [1.807, 2.05) is 26.0 Å². The van der Waals surface area contributed by atoms with E-state index in [1.165, 1.54) is 42.6 Å². The smallest absolute Gasteiger partial charge is 0.264 e. The Labute approximate surface area is 187 Å². The highest BCUT2D eigenvalue weighted by Crippen LogP contribution is 2.28. The molecule has 0 saturated heterocycles. The molecule has 3 rings (SSSR count). The van der Waals surface area contributed by atoms with Gasteiger partial charge in [0.1, 0.15) is 12.4 Å². The lowest BCUT2D eigenvalue weighted by Gasteiger charge is -2.25. The molecule has 0 atom stereocenters. The molecule has 0 fully saturated rings. The summed E-state index contributed by atoms with van der Waals surface area (Å²) in [4.78, 5) is 12.7. The number of halogens is 1. The Kier molecular flexibility index (Phi) is 7.05. The molecular weight excluding hydrogens is 429 g/mol. The van der Waals surface area contributed by atoms with E-state index in [0.717, 1.165) is 15.4 Å². The van der Waals surface area contributed by atoms with Crippen LogP contribution in [0.1, 0.15) is 22.3 Å². The number of benzene rings is 3. The van der Waals surface area contributed by atoms with Crippen LogP contribution in [0.5, 0.6) is 0 Å². The average molecular weight is 454 g/mol. The van der Waals surface area contributed by atoms with Gasteiger partial charge in [0.15, 0.2) is 0 Å². The summed E-state index contributed by atoms with van der Waals surface area (Å²) in [6.45, 7) is 5.05. The highest BCUT2D eigenvalue weighted by molar-refractivity contribution is 7.92. The van der Waals surface area contributed by atoms with Gasteiger partial charge >= 0.3 is 0 Å². The zero-order valence-electron chi connectivity index (χ0n) is 18.0. The molecule has 0 spiro atoms. The van der Waals surface area contributed by atoms with E-state index in [2.05, 4.69) is 10.5 Å². The molecule has 3 aromatic rings.